The van der Waals surface area contributed by atoms with Gasteiger partial charge in [-0.05, 0) is 38.5 Å². The minimum atomic E-state index is -0.195. The third kappa shape index (κ3) is 3.07. The molecule has 110 valence electrons. The van der Waals surface area contributed by atoms with Crippen molar-refractivity contribution in [1.29, 1.82) is 0 Å². The first-order chi connectivity index (χ1) is 9.91. The van der Waals surface area contributed by atoms with Crippen molar-refractivity contribution in [3.63, 3.8) is 0 Å². The van der Waals surface area contributed by atoms with E-state index in [4.69, 9.17) is 0 Å². The zero-order valence-electron chi connectivity index (χ0n) is 12.9. The second-order valence-corrected chi connectivity index (χ2v) is 5.47. The van der Waals surface area contributed by atoms with Gasteiger partial charge >= 0.3 is 0 Å². The van der Waals surface area contributed by atoms with E-state index in [0.29, 0.717) is 5.56 Å². The molecular weight excluding hydrogens is 262 g/mol. The minimum Gasteiger partial charge on any atom is -0.508 e. The highest BCUT2D eigenvalue weighted by molar-refractivity contribution is 5.95. The topological polar surface area (TPSA) is 40.5 Å². The first-order valence-corrected chi connectivity index (χ1v) is 7.04. The fraction of sp³-hybridized carbons (Fsp3) is 0.278. The Morgan fingerprint density at radius 3 is 2.43 bits per heavy atom. The van der Waals surface area contributed by atoms with Gasteiger partial charge in [-0.3, -0.25) is 4.79 Å². The second kappa shape index (κ2) is 6.00. The van der Waals surface area contributed by atoms with E-state index in [1.54, 1.807) is 24.1 Å². The Kier molecular flexibility index (Phi) is 4.32. The van der Waals surface area contributed by atoms with Crippen LogP contribution in [0.5, 0.6) is 5.75 Å². The van der Waals surface area contributed by atoms with Crippen molar-refractivity contribution in [1.82, 2.24) is 4.90 Å². The number of aromatic hydroxyl groups is 1. The number of phenolic OH excluding ortho intramolecular Hbond substituents is 1. The summed E-state index contributed by atoms with van der Waals surface area (Å²) in [5.74, 6) is 0.175. The third-order valence-corrected chi connectivity index (χ3v) is 3.90. The molecule has 0 aliphatic carbocycles. The summed E-state index contributed by atoms with van der Waals surface area (Å²) < 4.78 is 0. The quantitative estimate of drug-likeness (QED) is 0.929. The molecule has 0 bridgehead atoms. The monoisotopic (exact) mass is 283 g/mol. The van der Waals surface area contributed by atoms with E-state index in [-0.39, 0.29) is 17.7 Å². The minimum absolute atomic E-state index is 0.0387. The SMILES string of the molecule is Cc1ccc(C(=O)N(C)C(C)c2ccccc2O)c(C)c1. The van der Waals surface area contributed by atoms with Crippen molar-refractivity contribution in [3.05, 3.63) is 64.7 Å². The molecule has 2 aromatic carbocycles. The van der Waals surface area contributed by atoms with Gasteiger partial charge in [0.15, 0.2) is 0 Å². The molecule has 1 atom stereocenters. The Morgan fingerprint density at radius 1 is 1.14 bits per heavy atom. The number of benzene rings is 2. The van der Waals surface area contributed by atoms with Crippen molar-refractivity contribution in [3.8, 4) is 5.75 Å². The number of nitrogens with zero attached hydrogens (tertiary/aromatic N) is 1. The Hall–Kier alpha value is -2.29. The number of rotatable bonds is 3. The molecule has 2 rings (SSSR count). The molecule has 3 heteroatoms. The van der Waals surface area contributed by atoms with E-state index in [0.717, 1.165) is 16.7 Å². The summed E-state index contributed by atoms with van der Waals surface area (Å²) >= 11 is 0. The van der Waals surface area contributed by atoms with Crippen molar-refractivity contribution in [2.45, 2.75) is 26.8 Å². The van der Waals surface area contributed by atoms with Gasteiger partial charge < -0.3 is 10.0 Å². The second-order valence-electron chi connectivity index (χ2n) is 5.47. The van der Waals surface area contributed by atoms with Crippen LogP contribution in [0.15, 0.2) is 42.5 Å². The molecule has 0 aliphatic heterocycles. The van der Waals surface area contributed by atoms with E-state index >= 15 is 0 Å². The van der Waals surface area contributed by atoms with Crippen molar-refractivity contribution >= 4 is 5.91 Å². The van der Waals surface area contributed by atoms with Gasteiger partial charge in [0.1, 0.15) is 5.75 Å². The predicted molar refractivity (Wildman–Crippen MR) is 84.5 cm³/mol. The summed E-state index contributed by atoms with van der Waals surface area (Å²) in [4.78, 5) is 14.3. The summed E-state index contributed by atoms with van der Waals surface area (Å²) in [5.41, 5.74) is 3.56. The van der Waals surface area contributed by atoms with Crippen molar-refractivity contribution in [2.24, 2.45) is 0 Å². The van der Waals surface area contributed by atoms with Crippen LogP contribution in [0.25, 0.3) is 0 Å². The molecule has 1 amide bonds. The molecule has 1 unspecified atom stereocenters. The summed E-state index contributed by atoms with van der Waals surface area (Å²) in [6, 6.07) is 12.7. The molecule has 3 nitrogen and oxygen atoms in total. The van der Waals surface area contributed by atoms with Crippen LogP contribution in [-0.4, -0.2) is 23.0 Å². The van der Waals surface area contributed by atoms with Gasteiger partial charge in [-0.1, -0.05) is 35.9 Å². The van der Waals surface area contributed by atoms with Crippen LogP contribution in [0.1, 0.15) is 40.0 Å². The van der Waals surface area contributed by atoms with E-state index in [9.17, 15) is 9.90 Å². The van der Waals surface area contributed by atoms with Crippen molar-refractivity contribution < 1.29 is 9.90 Å². The fourth-order valence-electron chi connectivity index (χ4n) is 2.47. The van der Waals surface area contributed by atoms with Gasteiger partial charge in [-0.25, -0.2) is 0 Å². The lowest BCUT2D eigenvalue weighted by atomic mass is 10.0. The molecule has 0 aliphatic rings. The molecule has 21 heavy (non-hydrogen) atoms. The van der Waals surface area contributed by atoms with Crippen LogP contribution in [0, 0.1) is 13.8 Å². The standard InChI is InChI=1S/C18H21NO2/c1-12-9-10-15(13(2)11-12)18(21)19(4)14(3)16-7-5-6-8-17(16)20/h5-11,14,20H,1-4H3. The number of hydrogen-bond acceptors (Lipinski definition) is 2. The van der Waals surface area contributed by atoms with Gasteiger partial charge in [0, 0.05) is 18.2 Å². The fourth-order valence-corrected chi connectivity index (χ4v) is 2.47. The Morgan fingerprint density at radius 2 is 1.81 bits per heavy atom. The number of aryl methyl sites for hydroxylation is 2. The predicted octanol–water partition coefficient (Wildman–Crippen LogP) is 3.84. The number of phenols is 1. The molecule has 0 radical (unpaired) electrons. The first-order valence-electron chi connectivity index (χ1n) is 7.04. The number of carbonyl (C=O) groups is 1. The molecule has 0 saturated carbocycles. The van der Waals surface area contributed by atoms with Gasteiger partial charge in [-0.2, -0.15) is 0 Å². The number of hydrogen-bond donors (Lipinski definition) is 1. The Bertz CT molecular complexity index is 664. The summed E-state index contributed by atoms with van der Waals surface area (Å²) in [7, 11) is 1.76. The zero-order valence-corrected chi connectivity index (χ0v) is 12.9. The Balaban J connectivity index is 2.29. The van der Waals surface area contributed by atoms with E-state index < -0.39 is 0 Å². The maximum atomic E-state index is 12.6. The summed E-state index contributed by atoms with van der Waals surface area (Å²) in [6.07, 6.45) is 0. The number of para-hydroxylation sites is 1. The van der Waals surface area contributed by atoms with Gasteiger partial charge in [0.05, 0.1) is 6.04 Å². The smallest absolute Gasteiger partial charge is 0.254 e. The average molecular weight is 283 g/mol. The van der Waals surface area contributed by atoms with Crippen LogP contribution in [0.4, 0.5) is 0 Å². The van der Waals surface area contributed by atoms with Crippen molar-refractivity contribution in [2.75, 3.05) is 7.05 Å². The van der Waals surface area contributed by atoms with Crippen LogP contribution >= 0.6 is 0 Å². The Labute approximate surface area is 125 Å². The summed E-state index contributed by atoms with van der Waals surface area (Å²) in [6.45, 7) is 5.87. The maximum absolute atomic E-state index is 12.6. The highest BCUT2D eigenvalue weighted by Gasteiger charge is 2.21. The van der Waals surface area contributed by atoms with Gasteiger partial charge in [0.25, 0.3) is 5.91 Å². The third-order valence-electron chi connectivity index (χ3n) is 3.90. The zero-order chi connectivity index (χ0) is 15.6. The number of amides is 1. The molecular formula is C18H21NO2. The molecule has 0 aromatic heterocycles. The molecule has 0 saturated heterocycles. The highest BCUT2D eigenvalue weighted by atomic mass is 16.3. The van der Waals surface area contributed by atoms with Gasteiger partial charge in [-0.15, -0.1) is 0 Å². The summed E-state index contributed by atoms with van der Waals surface area (Å²) in [5, 5.41) is 9.94. The molecule has 2 aromatic rings. The number of carbonyl (C=O) groups excluding carboxylic acids is 1. The molecule has 0 fully saturated rings. The van der Waals surface area contributed by atoms with Crippen LogP contribution < -0.4 is 0 Å². The van der Waals surface area contributed by atoms with Gasteiger partial charge in [0.2, 0.25) is 0 Å². The van der Waals surface area contributed by atoms with E-state index in [1.807, 2.05) is 51.1 Å². The normalized spacial score (nSPS) is 12.0. The molecule has 0 heterocycles. The maximum Gasteiger partial charge on any atom is 0.254 e. The van der Waals surface area contributed by atoms with E-state index in [1.165, 1.54) is 0 Å². The first kappa shape index (κ1) is 15.1. The van der Waals surface area contributed by atoms with Crippen LogP contribution in [0.3, 0.4) is 0 Å². The van der Waals surface area contributed by atoms with E-state index in [2.05, 4.69) is 0 Å². The van der Waals surface area contributed by atoms with Crippen LogP contribution in [-0.2, 0) is 0 Å². The lowest BCUT2D eigenvalue weighted by Gasteiger charge is -2.26. The average Bonchev–Trinajstić information content (AvgIpc) is 2.45. The van der Waals surface area contributed by atoms with Crippen LogP contribution in [0.2, 0.25) is 0 Å². The molecule has 1 N–H and O–H groups in total. The highest BCUT2D eigenvalue weighted by Crippen LogP contribution is 2.28. The lowest BCUT2D eigenvalue weighted by molar-refractivity contribution is 0.0740. The molecule has 0 spiro atoms. The lowest BCUT2D eigenvalue weighted by Crippen LogP contribution is -2.30. The largest absolute Gasteiger partial charge is 0.508 e.